The summed E-state index contributed by atoms with van der Waals surface area (Å²) in [6.07, 6.45) is 0. The molecule has 0 atom stereocenters. The third-order valence-corrected chi connectivity index (χ3v) is 3.84. The van der Waals surface area contributed by atoms with Crippen LogP contribution in [0.2, 0.25) is 0 Å². The molecule has 0 aliphatic carbocycles. The molecule has 0 aliphatic heterocycles. The van der Waals surface area contributed by atoms with Gasteiger partial charge in [-0.1, -0.05) is 41.5 Å². The molecule has 0 bridgehead atoms. The normalized spacial score (nSPS) is 10.8. The highest BCUT2D eigenvalue weighted by Gasteiger charge is 2.21. The smallest absolute Gasteiger partial charge is 0.294 e. The molecule has 26 heavy (non-hydrogen) atoms. The monoisotopic (exact) mass is 349 g/mol. The number of nitrogens with one attached hydrogen (secondary N) is 2. The fourth-order valence-electron chi connectivity index (χ4n) is 2.71. The van der Waals surface area contributed by atoms with Gasteiger partial charge in [0, 0.05) is 5.39 Å². The van der Waals surface area contributed by atoms with Crippen LogP contribution in [0.1, 0.15) is 17.5 Å². The van der Waals surface area contributed by atoms with Crippen LogP contribution in [0.5, 0.6) is 5.95 Å². The maximum Gasteiger partial charge on any atom is 0.294 e. The third-order valence-electron chi connectivity index (χ3n) is 3.84. The summed E-state index contributed by atoms with van der Waals surface area (Å²) in [5.41, 5.74) is 2.07. The first kappa shape index (κ1) is 15.8. The van der Waals surface area contributed by atoms with Gasteiger partial charge in [0.15, 0.2) is 0 Å². The second-order valence-electron chi connectivity index (χ2n) is 5.48. The van der Waals surface area contributed by atoms with Gasteiger partial charge < -0.3 is 9.15 Å². The molecule has 0 spiro atoms. The summed E-state index contributed by atoms with van der Waals surface area (Å²) in [6, 6.07) is 15.7. The number of hydrogen-bond acceptors (Lipinski definition) is 6. The number of hydrogen-bond donors (Lipinski definition) is 2. The number of benzene rings is 2. The molecule has 0 unspecified atom stereocenters. The van der Waals surface area contributed by atoms with Gasteiger partial charge in [-0.05, 0) is 40.6 Å². The van der Waals surface area contributed by atoms with Crippen LogP contribution in [0.25, 0.3) is 21.9 Å². The summed E-state index contributed by atoms with van der Waals surface area (Å²) in [4.78, 5) is 12.5. The van der Waals surface area contributed by atoms with Gasteiger partial charge >= 0.3 is 0 Å². The number of amides is 1. The van der Waals surface area contributed by atoms with E-state index in [0.29, 0.717) is 17.9 Å². The average Bonchev–Trinajstić information content (AvgIpc) is 3.30. The van der Waals surface area contributed by atoms with Crippen LogP contribution in [-0.2, 0) is 0 Å². The topological polar surface area (TPSA) is 106 Å². The Labute approximate surface area is 148 Å². The lowest BCUT2D eigenvalue weighted by atomic mass is 10.0. The molecule has 4 aromatic rings. The van der Waals surface area contributed by atoms with Crippen molar-refractivity contribution in [2.75, 3.05) is 11.9 Å². The number of nitrogens with zero attached hydrogens (tertiary/aromatic N) is 3. The van der Waals surface area contributed by atoms with Crippen LogP contribution in [0.4, 0.5) is 5.95 Å². The largest absolute Gasteiger partial charge is 0.465 e. The molecule has 2 N–H and O–H groups in total. The number of aromatic amines is 1. The fraction of sp³-hybridized carbons (Fsp3) is 0.111. The molecule has 8 heteroatoms. The maximum absolute atomic E-state index is 12.5. The van der Waals surface area contributed by atoms with Gasteiger partial charge in [0.1, 0.15) is 0 Å². The molecule has 0 radical (unpaired) electrons. The van der Waals surface area contributed by atoms with Crippen LogP contribution in [0, 0.1) is 0 Å². The summed E-state index contributed by atoms with van der Waals surface area (Å²) in [7, 11) is 0. The first-order chi connectivity index (χ1) is 12.8. The van der Waals surface area contributed by atoms with E-state index in [9.17, 15) is 4.79 Å². The Kier molecular flexibility index (Phi) is 4.06. The summed E-state index contributed by atoms with van der Waals surface area (Å²) in [5, 5.41) is 16.9. The standard InChI is InChI=1S/C18H15N5O3/c1-2-25-17-14-10-12(11-6-4-3-5-7-11)8-9-13(14)15(26-17)16(24)19-18-20-22-23-21-18/h3-10H,2H2,1H3,(H2,19,20,21,22,23,24). The zero-order valence-corrected chi connectivity index (χ0v) is 13.9. The molecule has 8 nitrogen and oxygen atoms in total. The van der Waals surface area contributed by atoms with Gasteiger partial charge in [-0.2, -0.15) is 0 Å². The van der Waals surface area contributed by atoms with Crippen molar-refractivity contribution in [1.29, 1.82) is 0 Å². The molecule has 130 valence electrons. The second kappa shape index (κ2) is 6.67. The van der Waals surface area contributed by atoms with Gasteiger partial charge in [-0.15, -0.1) is 0 Å². The Morgan fingerprint density at radius 2 is 2.00 bits per heavy atom. The number of tetrazole rings is 1. The lowest BCUT2D eigenvalue weighted by Crippen LogP contribution is -2.12. The van der Waals surface area contributed by atoms with E-state index >= 15 is 0 Å². The van der Waals surface area contributed by atoms with Crippen molar-refractivity contribution >= 4 is 22.6 Å². The van der Waals surface area contributed by atoms with E-state index in [1.165, 1.54) is 0 Å². The maximum atomic E-state index is 12.5. The summed E-state index contributed by atoms with van der Waals surface area (Å²) < 4.78 is 11.3. The number of ether oxygens (including phenoxy) is 1. The Morgan fingerprint density at radius 3 is 2.73 bits per heavy atom. The van der Waals surface area contributed by atoms with Crippen molar-refractivity contribution in [2.45, 2.75) is 6.92 Å². The van der Waals surface area contributed by atoms with Crippen LogP contribution in [-0.4, -0.2) is 33.1 Å². The van der Waals surface area contributed by atoms with E-state index in [1.807, 2.05) is 55.5 Å². The highest BCUT2D eigenvalue weighted by atomic mass is 16.6. The van der Waals surface area contributed by atoms with E-state index < -0.39 is 5.91 Å². The molecule has 0 aliphatic rings. The number of carbonyl (C=O) groups excluding carboxylic acids is 1. The van der Waals surface area contributed by atoms with E-state index in [4.69, 9.17) is 9.15 Å². The Morgan fingerprint density at radius 1 is 1.15 bits per heavy atom. The Balaban J connectivity index is 1.78. The summed E-state index contributed by atoms with van der Waals surface area (Å²) >= 11 is 0. The van der Waals surface area contributed by atoms with E-state index in [0.717, 1.165) is 16.5 Å². The van der Waals surface area contributed by atoms with Gasteiger partial charge in [0.05, 0.1) is 12.0 Å². The first-order valence-electron chi connectivity index (χ1n) is 8.06. The number of carbonyl (C=O) groups is 1. The first-order valence-corrected chi connectivity index (χ1v) is 8.06. The molecule has 0 saturated carbocycles. The van der Waals surface area contributed by atoms with Crippen LogP contribution >= 0.6 is 0 Å². The number of furan rings is 1. The van der Waals surface area contributed by atoms with Crippen molar-refractivity contribution in [1.82, 2.24) is 20.6 Å². The lowest BCUT2D eigenvalue weighted by molar-refractivity contribution is 0.0990. The minimum Gasteiger partial charge on any atom is -0.465 e. The lowest BCUT2D eigenvalue weighted by Gasteiger charge is -2.03. The van der Waals surface area contributed by atoms with Crippen LogP contribution in [0.15, 0.2) is 52.9 Å². The fourth-order valence-corrected chi connectivity index (χ4v) is 2.71. The van der Waals surface area contributed by atoms with Gasteiger partial charge in [-0.3, -0.25) is 10.1 Å². The molecular formula is C18H15N5O3. The summed E-state index contributed by atoms with van der Waals surface area (Å²) in [6.45, 7) is 2.28. The van der Waals surface area contributed by atoms with E-state index in [1.54, 1.807) is 0 Å². The van der Waals surface area contributed by atoms with Crippen LogP contribution < -0.4 is 10.1 Å². The van der Waals surface area contributed by atoms with Gasteiger partial charge in [0.2, 0.25) is 11.7 Å². The second-order valence-corrected chi connectivity index (χ2v) is 5.48. The SMILES string of the molecule is CCOc1oc(C(=O)Nc2nnn[nH]2)c2ccc(-c3ccccc3)cc12. The van der Waals surface area contributed by atoms with Gasteiger partial charge in [-0.25, -0.2) is 5.10 Å². The molecule has 2 heterocycles. The van der Waals surface area contributed by atoms with Crippen molar-refractivity contribution < 1.29 is 13.9 Å². The zero-order chi connectivity index (χ0) is 17.9. The predicted molar refractivity (Wildman–Crippen MR) is 94.9 cm³/mol. The van der Waals surface area contributed by atoms with Crippen LogP contribution in [0.3, 0.4) is 0 Å². The number of fused-ring (bicyclic) bond motifs is 1. The molecule has 0 fully saturated rings. The Hall–Kier alpha value is -3.68. The van der Waals surface area contributed by atoms with Crippen molar-refractivity contribution in [3.63, 3.8) is 0 Å². The third kappa shape index (κ3) is 2.88. The predicted octanol–water partition coefficient (Wildman–Crippen LogP) is 3.26. The molecule has 4 rings (SSSR count). The van der Waals surface area contributed by atoms with Gasteiger partial charge in [0.25, 0.3) is 11.9 Å². The van der Waals surface area contributed by atoms with E-state index in [2.05, 4.69) is 25.9 Å². The molecule has 2 aromatic heterocycles. The van der Waals surface area contributed by atoms with Crippen molar-refractivity contribution in [3.8, 4) is 17.1 Å². The molecule has 1 amide bonds. The highest BCUT2D eigenvalue weighted by molar-refractivity contribution is 6.12. The van der Waals surface area contributed by atoms with E-state index in [-0.39, 0.29) is 11.7 Å². The summed E-state index contributed by atoms with van der Waals surface area (Å²) in [5.74, 6) is 0.117. The highest BCUT2D eigenvalue weighted by Crippen LogP contribution is 2.35. The number of H-pyrrole nitrogens is 1. The zero-order valence-electron chi connectivity index (χ0n) is 13.9. The number of rotatable bonds is 5. The quantitative estimate of drug-likeness (QED) is 0.573. The van der Waals surface area contributed by atoms with Crippen molar-refractivity contribution in [2.24, 2.45) is 0 Å². The minimum atomic E-state index is -0.466. The molecule has 2 aromatic carbocycles. The number of aromatic nitrogens is 4. The van der Waals surface area contributed by atoms with Crippen molar-refractivity contribution in [3.05, 3.63) is 54.3 Å². The minimum absolute atomic E-state index is 0.137. The number of anilines is 1. The average molecular weight is 349 g/mol. The molecular weight excluding hydrogens is 334 g/mol. The Bertz CT molecular complexity index is 1040. The molecule has 0 saturated heterocycles.